The fourth-order valence-corrected chi connectivity index (χ4v) is 2.98. The van der Waals surface area contributed by atoms with Gasteiger partial charge in [-0.15, -0.1) is 11.3 Å². The molecule has 1 amide bonds. The van der Waals surface area contributed by atoms with E-state index in [1.807, 2.05) is 16.3 Å². The first kappa shape index (κ1) is 14.1. The molecule has 1 aromatic rings. The second kappa shape index (κ2) is 6.71. The first-order valence-corrected chi connectivity index (χ1v) is 7.13. The highest BCUT2D eigenvalue weighted by atomic mass is 32.1. The number of nitrogens with zero attached hydrogens (tertiary/aromatic N) is 1. The minimum absolute atomic E-state index is 0.0130. The Morgan fingerprint density at radius 3 is 3.26 bits per heavy atom. The molecule has 1 aliphatic heterocycles. The van der Waals surface area contributed by atoms with Crippen LogP contribution < -0.4 is 0 Å². The molecule has 0 radical (unpaired) electrons. The van der Waals surface area contributed by atoms with Crippen molar-refractivity contribution in [1.82, 2.24) is 4.90 Å². The highest BCUT2D eigenvalue weighted by Gasteiger charge is 2.26. The predicted molar refractivity (Wildman–Crippen MR) is 74.2 cm³/mol. The van der Waals surface area contributed by atoms with E-state index in [0.29, 0.717) is 17.0 Å². The molecular formula is C14H17NO3S. The topological polar surface area (TPSA) is 49.8 Å². The van der Waals surface area contributed by atoms with Gasteiger partial charge in [0.2, 0.25) is 0 Å². The Labute approximate surface area is 117 Å². The molecule has 0 bridgehead atoms. The summed E-state index contributed by atoms with van der Waals surface area (Å²) in [7, 11) is 1.68. The first-order valence-electron chi connectivity index (χ1n) is 6.25. The Morgan fingerprint density at radius 2 is 2.53 bits per heavy atom. The lowest BCUT2D eigenvalue weighted by Crippen LogP contribution is -2.42. The van der Waals surface area contributed by atoms with E-state index in [2.05, 4.69) is 11.8 Å². The lowest BCUT2D eigenvalue weighted by molar-refractivity contribution is 0.0271. The Bertz CT molecular complexity index is 500. The smallest absolute Gasteiger partial charge is 0.265 e. The number of likely N-dealkylation sites (tertiary alicyclic amines) is 1. The normalized spacial score (nSPS) is 18.8. The Hall–Kier alpha value is -1.35. The van der Waals surface area contributed by atoms with Crippen LogP contribution in [0.3, 0.4) is 0 Å². The Balaban J connectivity index is 2.13. The van der Waals surface area contributed by atoms with Gasteiger partial charge in [0, 0.05) is 25.8 Å². The molecule has 2 rings (SSSR count). The third kappa shape index (κ3) is 3.35. The van der Waals surface area contributed by atoms with Gasteiger partial charge in [-0.25, -0.2) is 0 Å². The number of ether oxygens (including phenoxy) is 1. The maximum Gasteiger partial charge on any atom is 0.265 e. The second-order valence-corrected chi connectivity index (χ2v) is 5.29. The first-order chi connectivity index (χ1) is 9.26. The molecule has 19 heavy (non-hydrogen) atoms. The summed E-state index contributed by atoms with van der Waals surface area (Å²) in [6.07, 6.45) is 2.10. The largest absolute Gasteiger partial charge is 0.384 e. The summed E-state index contributed by atoms with van der Waals surface area (Å²) in [5, 5.41) is 10.6. The summed E-state index contributed by atoms with van der Waals surface area (Å²) in [5.41, 5.74) is 0.698. The van der Waals surface area contributed by atoms with Gasteiger partial charge in [0.1, 0.15) is 11.5 Å². The van der Waals surface area contributed by atoms with Gasteiger partial charge in [0.15, 0.2) is 0 Å². The second-order valence-electron chi connectivity index (χ2n) is 4.37. The molecule has 1 aliphatic rings. The van der Waals surface area contributed by atoms with Crippen molar-refractivity contribution in [1.29, 1.82) is 0 Å². The number of rotatable bonds is 2. The van der Waals surface area contributed by atoms with Crippen molar-refractivity contribution in [3.05, 3.63) is 21.9 Å². The van der Waals surface area contributed by atoms with Crippen LogP contribution >= 0.6 is 11.3 Å². The van der Waals surface area contributed by atoms with E-state index in [0.717, 1.165) is 19.4 Å². The van der Waals surface area contributed by atoms with Gasteiger partial charge in [-0.3, -0.25) is 4.79 Å². The molecule has 102 valence electrons. The van der Waals surface area contributed by atoms with E-state index in [9.17, 15) is 4.79 Å². The van der Waals surface area contributed by atoms with Crippen molar-refractivity contribution in [3.63, 3.8) is 0 Å². The molecule has 0 spiro atoms. The van der Waals surface area contributed by atoms with Crippen LogP contribution in [0, 0.1) is 11.8 Å². The summed E-state index contributed by atoms with van der Waals surface area (Å²) in [5.74, 6) is 5.42. The third-order valence-electron chi connectivity index (χ3n) is 3.16. The number of amides is 1. The molecule has 1 N–H and O–H groups in total. The molecule has 1 aromatic heterocycles. The summed E-state index contributed by atoms with van der Waals surface area (Å²) < 4.78 is 5.33. The average Bonchev–Trinajstić information content (AvgIpc) is 2.92. The fraction of sp³-hybridized carbons (Fsp3) is 0.500. The Morgan fingerprint density at radius 1 is 1.68 bits per heavy atom. The number of methoxy groups -OCH3 is 1. The maximum atomic E-state index is 12.5. The molecule has 0 saturated carbocycles. The molecule has 0 aliphatic carbocycles. The van der Waals surface area contributed by atoms with Gasteiger partial charge in [-0.05, 0) is 24.3 Å². The lowest BCUT2D eigenvalue weighted by Gasteiger charge is -2.31. The van der Waals surface area contributed by atoms with Crippen molar-refractivity contribution in [2.24, 2.45) is 0 Å². The van der Waals surface area contributed by atoms with Crippen LogP contribution in [0.2, 0.25) is 0 Å². The van der Waals surface area contributed by atoms with Gasteiger partial charge in [-0.1, -0.05) is 11.8 Å². The molecule has 5 heteroatoms. The highest BCUT2D eigenvalue weighted by Crippen LogP contribution is 2.21. The van der Waals surface area contributed by atoms with E-state index in [4.69, 9.17) is 9.84 Å². The van der Waals surface area contributed by atoms with Crippen molar-refractivity contribution in [2.45, 2.75) is 18.9 Å². The monoisotopic (exact) mass is 279 g/mol. The average molecular weight is 279 g/mol. The third-order valence-corrected chi connectivity index (χ3v) is 4.06. The number of hydrogen-bond acceptors (Lipinski definition) is 4. The minimum atomic E-state index is -0.195. The van der Waals surface area contributed by atoms with Gasteiger partial charge < -0.3 is 14.7 Å². The summed E-state index contributed by atoms with van der Waals surface area (Å²) in [6.45, 7) is 1.21. The molecular weight excluding hydrogens is 262 g/mol. The van der Waals surface area contributed by atoms with Crippen LogP contribution in [0.1, 0.15) is 28.1 Å². The van der Waals surface area contributed by atoms with Crippen molar-refractivity contribution >= 4 is 17.2 Å². The molecule has 1 unspecified atom stereocenters. The molecule has 4 nitrogen and oxygen atoms in total. The van der Waals surface area contributed by atoms with Gasteiger partial charge in [0.25, 0.3) is 5.91 Å². The number of carbonyl (C=O) groups excluding carboxylic acids is 1. The van der Waals surface area contributed by atoms with Crippen LogP contribution in [-0.4, -0.2) is 48.8 Å². The maximum absolute atomic E-state index is 12.5. The van der Waals surface area contributed by atoms with E-state index >= 15 is 0 Å². The summed E-state index contributed by atoms with van der Waals surface area (Å²) >= 11 is 1.39. The van der Waals surface area contributed by atoms with E-state index < -0.39 is 0 Å². The van der Waals surface area contributed by atoms with Crippen molar-refractivity contribution < 1.29 is 14.6 Å². The number of hydrogen-bond donors (Lipinski definition) is 1. The van der Waals surface area contributed by atoms with Crippen LogP contribution in [0.25, 0.3) is 0 Å². The quantitative estimate of drug-likeness (QED) is 0.831. The molecule has 2 heterocycles. The standard InChI is InChI=1S/C14H17NO3S/c1-18-12-5-2-7-15(10-12)14(17)13-11(4-3-8-16)6-9-19-13/h6,9,12,16H,2,5,7-8,10H2,1H3. The summed E-state index contributed by atoms with van der Waals surface area (Å²) in [6, 6.07) is 1.82. The number of carbonyl (C=O) groups is 1. The molecule has 1 saturated heterocycles. The van der Waals surface area contributed by atoms with Gasteiger partial charge in [0.05, 0.1) is 6.10 Å². The number of aliphatic hydroxyl groups is 1. The van der Waals surface area contributed by atoms with Crippen LogP contribution in [-0.2, 0) is 4.74 Å². The van der Waals surface area contributed by atoms with E-state index in [1.165, 1.54) is 11.3 Å². The number of aliphatic hydroxyl groups excluding tert-OH is 1. The predicted octanol–water partition coefficient (Wildman–Crippen LogP) is 1.34. The Kier molecular flexibility index (Phi) is 4.97. The van der Waals surface area contributed by atoms with Gasteiger partial charge in [-0.2, -0.15) is 0 Å². The minimum Gasteiger partial charge on any atom is -0.384 e. The number of piperidine rings is 1. The zero-order valence-corrected chi connectivity index (χ0v) is 11.7. The summed E-state index contributed by atoms with van der Waals surface area (Å²) in [4.78, 5) is 14.9. The van der Waals surface area contributed by atoms with Crippen molar-refractivity contribution in [3.8, 4) is 11.8 Å². The zero-order valence-electron chi connectivity index (χ0n) is 10.9. The highest BCUT2D eigenvalue weighted by molar-refractivity contribution is 7.12. The lowest BCUT2D eigenvalue weighted by atomic mass is 10.1. The fourth-order valence-electron chi connectivity index (χ4n) is 2.17. The molecule has 0 aromatic carbocycles. The van der Waals surface area contributed by atoms with Crippen LogP contribution in [0.4, 0.5) is 0 Å². The van der Waals surface area contributed by atoms with E-state index in [-0.39, 0.29) is 18.6 Å². The zero-order chi connectivity index (χ0) is 13.7. The number of thiophene rings is 1. The van der Waals surface area contributed by atoms with Crippen LogP contribution in [0.15, 0.2) is 11.4 Å². The molecule has 1 atom stereocenters. The van der Waals surface area contributed by atoms with Crippen molar-refractivity contribution in [2.75, 3.05) is 26.8 Å². The van der Waals surface area contributed by atoms with Crippen LogP contribution in [0.5, 0.6) is 0 Å². The SMILES string of the molecule is COC1CCCN(C(=O)c2sccc2C#CCO)C1. The molecule has 1 fully saturated rings. The van der Waals surface area contributed by atoms with Gasteiger partial charge >= 0.3 is 0 Å². The van der Waals surface area contributed by atoms with E-state index in [1.54, 1.807) is 7.11 Å².